The van der Waals surface area contributed by atoms with Crippen molar-refractivity contribution in [3.63, 3.8) is 0 Å². The van der Waals surface area contributed by atoms with E-state index in [1.54, 1.807) is 24.4 Å². The molecule has 4 aromatic rings. The molecule has 0 saturated carbocycles. The molecule has 0 bridgehead atoms. The maximum atomic E-state index is 13.3. The fourth-order valence-electron chi connectivity index (χ4n) is 3.22. The van der Waals surface area contributed by atoms with Crippen LogP contribution in [0, 0.1) is 5.82 Å². The molecule has 0 aliphatic heterocycles. The summed E-state index contributed by atoms with van der Waals surface area (Å²) in [6.07, 6.45) is 1.60. The van der Waals surface area contributed by atoms with Crippen molar-refractivity contribution in [2.24, 2.45) is 5.10 Å². The molecule has 0 spiro atoms. The highest BCUT2D eigenvalue weighted by molar-refractivity contribution is 6.07. The minimum absolute atomic E-state index is 0.324. The van der Waals surface area contributed by atoms with E-state index in [0.29, 0.717) is 16.8 Å². The Bertz CT molecular complexity index is 1250. The van der Waals surface area contributed by atoms with E-state index in [4.69, 9.17) is 0 Å². The number of nitrogens with one attached hydrogen (secondary N) is 1. The lowest BCUT2D eigenvalue weighted by Gasteiger charge is -2.11. The molecule has 154 valence electrons. The first-order chi connectivity index (χ1) is 15.0. The van der Waals surface area contributed by atoms with Crippen molar-refractivity contribution in [1.82, 2.24) is 10.4 Å². The summed E-state index contributed by atoms with van der Waals surface area (Å²) in [6, 6.07) is 23.0. The van der Waals surface area contributed by atoms with Gasteiger partial charge in [0.1, 0.15) is 5.82 Å². The third-order valence-electron chi connectivity index (χ3n) is 4.89. The first-order valence-electron chi connectivity index (χ1n) is 9.78. The van der Waals surface area contributed by atoms with Crippen LogP contribution in [0.15, 0.2) is 84.0 Å². The quantitative estimate of drug-likeness (QED) is 0.376. The fourth-order valence-corrected chi connectivity index (χ4v) is 3.22. The number of carbonyl (C=O) groups is 1. The number of nitrogens with zero attached hydrogens (tertiary/aromatic N) is 3. The minimum atomic E-state index is -0.344. The van der Waals surface area contributed by atoms with Gasteiger partial charge >= 0.3 is 0 Å². The van der Waals surface area contributed by atoms with Crippen LogP contribution in [0.1, 0.15) is 15.9 Å². The topological polar surface area (TPSA) is 57.6 Å². The van der Waals surface area contributed by atoms with Crippen molar-refractivity contribution in [2.45, 2.75) is 0 Å². The lowest BCUT2D eigenvalue weighted by molar-refractivity contribution is 0.0956. The van der Waals surface area contributed by atoms with Crippen molar-refractivity contribution in [2.75, 3.05) is 19.0 Å². The molecular weight excluding hydrogens is 391 g/mol. The van der Waals surface area contributed by atoms with Gasteiger partial charge in [0.05, 0.1) is 23.0 Å². The Kier molecular flexibility index (Phi) is 5.71. The normalized spacial score (nSPS) is 11.1. The predicted molar refractivity (Wildman–Crippen MR) is 123 cm³/mol. The standard InChI is InChI=1S/C25H21FN4O/c1-30(2)20-13-7-17(8-14-20)16-27-29-25(31)22-15-24(18-9-11-19(26)12-10-18)28-23-6-4-3-5-21(22)23/h3-16H,1-2H3,(H,29,31). The summed E-state index contributed by atoms with van der Waals surface area (Å²) in [5.41, 5.74) is 7.00. The molecular formula is C25H21FN4O. The van der Waals surface area contributed by atoms with E-state index in [2.05, 4.69) is 15.5 Å². The molecule has 0 aliphatic carbocycles. The molecule has 0 aliphatic rings. The average Bonchev–Trinajstić information content (AvgIpc) is 2.79. The number of hydrogen-bond donors (Lipinski definition) is 1. The van der Waals surface area contributed by atoms with Crippen LogP contribution in [0.5, 0.6) is 0 Å². The summed E-state index contributed by atoms with van der Waals surface area (Å²) in [5.74, 6) is -0.668. The van der Waals surface area contributed by atoms with E-state index in [-0.39, 0.29) is 11.7 Å². The maximum Gasteiger partial charge on any atom is 0.272 e. The summed E-state index contributed by atoms with van der Waals surface area (Å²) in [5, 5.41) is 4.82. The van der Waals surface area contributed by atoms with Gasteiger partial charge in [-0.25, -0.2) is 14.8 Å². The molecule has 0 radical (unpaired) electrons. The van der Waals surface area contributed by atoms with Gasteiger partial charge in [-0.3, -0.25) is 4.79 Å². The van der Waals surface area contributed by atoms with Crippen LogP contribution in [-0.4, -0.2) is 31.2 Å². The summed E-state index contributed by atoms with van der Waals surface area (Å²) < 4.78 is 13.3. The number of benzene rings is 3. The van der Waals surface area contributed by atoms with Gasteiger partial charge in [-0.05, 0) is 54.1 Å². The van der Waals surface area contributed by atoms with E-state index >= 15 is 0 Å². The van der Waals surface area contributed by atoms with Crippen LogP contribution < -0.4 is 10.3 Å². The molecule has 1 N–H and O–H groups in total. The van der Waals surface area contributed by atoms with Crippen LogP contribution in [0.25, 0.3) is 22.2 Å². The SMILES string of the molecule is CN(C)c1ccc(C=NNC(=O)c2cc(-c3ccc(F)cc3)nc3ccccc23)cc1. The predicted octanol–water partition coefficient (Wildman–Crippen LogP) is 4.87. The Morgan fingerprint density at radius 1 is 1.00 bits per heavy atom. The number of hydrogen-bond acceptors (Lipinski definition) is 4. The van der Waals surface area contributed by atoms with E-state index in [1.165, 1.54) is 12.1 Å². The highest BCUT2D eigenvalue weighted by Crippen LogP contribution is 2.25. The molecule has 3 aromatic carbocycles. The maximum absolute atomic E-state index is 13.3. The number of anilines is 1. The first kappa shape index (κ1) is 20.2. The molecule has 4 rings (SSSR count). The highest BCUT2D eigenvalue weighted by atomic mass is 19.1. The van der Waals surface area contributed by atoms with Gasteiger partial charge in [0.25, 0.3) is 5.91 Å². The summed E-state index contributed by atoms with van der Waals surface area (Å²) >= 11 is 0. The summed E-state index contributed by atoms with van der Waals surface area (Å²) in [6.45, 7) is 0. The zero-order valence-corrected chi connectivity index (χ0v) is 17.2. The molecule has 0 fully saturated rings. The average molecular weight is 412 g/mol. The molecule has 0 unspecified atom stereocenters. The smallest absolute Gasteiger partial charge is 0.272 e. The number of rotatable bonds is 5. The monoisotopic (exact) mass is 412 g/mol. The number of hydrazone groups is 1. The summed E-state index contributed by atoms with van der Waals surface area (Å²) in [4.78, 5) is 19.5. The van der Waals surface area contributed by atoms with Crippen molar-refractivity contribution >= 4 is 28.7 Å². The highest BCUT2D eigenvalue weighted by Gasteiger charge is 2.13. The number of amides is 1. The Morgan fingerprint density at radius 2 is 1.71 bits per heavy atom. The number of fused-ring (bicyclic) bond motifs is 1. The molecule has 5 nitrogen and oxygen atoms in total. The number of aromatic nitrogens is 1. The lowest BCUT2D eigenvalue weighted by atomic mass is 10.0. The van der Waals surface area contributed by atoms with E-state index < -0.39 is 0 Å². The van der Waals surface area contributed by atoms with E-state index in [9.17, 15) is 9.18 Å². The molecule has 0 saturated heterocycles. The Hall–Kier alpha value is -4.06. The van der Waals surface area contributed by atoms with Crippen molar-refractivity contribution < 1.29 is 9.18 Å². The molecule has 1 amide bonds. The van der Waals surface area contributed by atoms with Gasteiger partial charge < -0.3 is 4.90 Å². The third kappa shape index (κ3) is 4.59. The van der Waals surface area contributed by atoms with Crippen molar-refractivity contribution in [3.05, 3.63) is 95.8 Å². The van der Waals surface area contributed by atoms with E-state index in [1.807, 2.05) is 67.5 Å². The van der Waals surface area contributed by atoms with Gasteiger partial charge in [-0.1, -0.05) is 30.3 Å². The van der Waals surface area contributed by atoms with Crippen LogP contribution in [-0.2, 0) is 0 Å². The van der Waals surface area contributed by atoms with Crippen LogP contribution in [0.4, 0.5) is 10.1 Å². The van der Waals surface area contributed by atoms with Gasteiger partial charge in [0.2, 0.25) is 0 Å². The fraction of sp³-hybridized carbons (Fsp3) is 0.0800. The van der Waals surface area contributed by atoms with Crippen LogP contribution >= 0.6 is 0 Å². The largest absolute Gasteiger partial charge is 0.378 e. The second kappa shape index (κ2) is 8.75. The Labute approximate surface area is 179 Å². The Balaban J connectivity index is 1.61. The van der Waals surface area contributed by atoms with Crippen LogP contribution in [0.2, 0.25) is 0 Å². The van der Waals surface area contributed by atoms with Crippen molar-refractivity contribution in [1.29, 1.82) is 0 Å². The van der Waals surface area contributed by atoms with Gasteiger partial charge in [-0.2, -0.15) is 5.10 Å². The van der Waals surface area contributed by atoms with E-state index in [0.717, 1.165) is 22.2 Å². The zero-order valence-electron chi connectivity index (χ0n) is 17.2. The number of pyridine rings is 1. The summed E-state index contributed by atoms with van der Waals surface area (Å²) in [7, 11) is 3.95. The number of para-hydroxylation sites is 1. The molecule has 1 heterocycles. The number of halogens is 1. The number of carbonyl (C=O) groups excluding carboxylic acids is 1. The minimum Gasteiger partial charge on any atom is -0.378 e. The third-order valence-corrected chi connectivity index (χ3v) is 4.89. The van der Waals surface area contributed by atoms with Gasteiger partial charge in [0, 0.05) is 30.7 Å². The first-order valence-corrected chi connectivity index (χ1v) is 9.78. The van der Waals surface area contributed by atoms with Crippen LogP contribution in [0.3, 0.4) is 0 Å². The second-order valence-electron chi connectivity index (χ2n) is 7.26. The molecule has 1 aromatic heterocycles. The second-order valence-corrected chi connectivity index (χ2v) is 7.26. The van der Waals surface area contributed by atoms with Gasteiger partial charge in [0.15, 0.2) is 0 Å². The molecule has 31 heavy (non-hydrogen) atoms. The van der Waals surface area contributed by atoms with Crippen molar-refractivity contribution in [3.8, 4) is 11.3 Å². The lowest BCUT2D eigenvalue weighted by Crippen LogP contribution is -2.18. The molecule has 0 atom stereocenters. The Morgan fingerprint density at radius 3 is 2.42 bits per heavy atom. The zero-order chi connectivity index (χ0) is 21.8. The molecule has 6 heteroatoms. The van der Waals surface area contributed by atoms with Gasteiger partial charge in [-0.15, -0.1) is 0 Å².